The molecule has 1 atom stereocenters. The summed E-state index contributed by atoms with van der Waals surface area (Å²) >= 11 is 12.2. The lowest BCUT2D eigenvalue weighted by molar-refractivity contribution is -0.117. The fourth-order valence-electron chi connectivity index (χ4n) is 3.81. The summed E-state index contributed by atoms with van der Waals surface area (Å²) in [5.74, 6) is 0.323. The van der Waals surface area contributed by atoms with Crippen LogP contribution in [0.25, 0.3) is 6.08 Å². The number of benzene rings is 2. The fourth-order valence-corrected chi connectivity index (χ4v) is 4.13. The topological polar surface area (TPSA) is 35.6 Å². The number of hydrogen-bond acceptors (Lipinski definition) is 3. The van der Waals surface area contributed by atoms with E-state index in [2.05, 4.69) is 48.0 Å². The number of amides is 1. The molecule has 172 valence electrons. The van der Waals surface area contributed by atoms with Crippen LogP contribution >= 0.6 is 23.2 Å². The highest BCUT2D eigenvalue weighted by Crippen LogP contribution is 2.23. The Morgan fingerprint density at radius 3 is 2.28 bits per heavy atom. The van der Waals surface area contributed by atoms with Crippen LogP contribution in [0.4, 0.5) is 0 Å². The Balaban J connectivity index is 1.47. The van der Waals surface area contributed by atoms with Crippen molar-refractivity contribution in [3.05, 3.63) is 75.3 Å². The van der Waals surface area contributed by atoms with Gasteiger partial charge in [0.05, 0.1) is 10.0 Å². The number of piperazine rings is 1. The zero-order valence-corrected chi connectivity index (χ0v) is 20.7. The van der Waals surface area contributed by atoms with Crippen LogP contribution in [0.3, 0.4) is 0 Å². The zero-order chi connectivity index (χ0) is 23.1. The molecule has 1 saturated heterocycles. The molecule has 4 nitrogen and oxygen atoms in total. The molecule has 1 aliphatic heterocycles. The summed E-state index contributed by atoms with van der Waals surface area (Å²) in [4.78, 5) is 17.4. The van der Waals surface area contributed by atoms with E-state index in [1.165, 1.54) is 11.1 Å². The molecule has 1 amide bonds. The first-order chi connectivity index (χ1) is 15.3. The average molecular weight is 474 g/mol. The van der Waals surface area contributed by atoms with Gasteiger partial charge in [-0.05, 0) is 42.2 Å². The highest BCUT2D eigenvalue weighted by molar-refractivity contribution is 6.42. The maximum Gasteiger partial charge on any atom is 0.244 e. The Kier molecular flexibility index (Phi) is 9.18. The van der Waals surface area contributed by atoms with E-state index in [1.807, 2.05) is 36.4 Å². The van der Waals surface area contributed by atoms with Crippen LogP contribution in [0.2, 0.25) is 10.0 Å². The summed E-state index contributed by atoms with van der Waals surface area (Å²) in [6.45, 7) is 12.1. The Hall–Kier alpha value is -1.85. The molecule has 32 heavy (non-hydrogen) atoms. The summed E-state index contributed by atoms with van der Waals surface area (Å²) < 4.78 is 0. The van der Waals surface area contributed by atoms with E-state index in [-0.39, 0.29) is 11.9 Å². The molecule has 2 aromatic carbocycles. The van der Waals surface area contributed by atoms with Gasteiger partial charge in [0.15, 0.2) is 0 Å². The number of rotatable bonds is 8. The van der Waals surface area contributed by atoms with Crippen molar-refractivity contribution in [3.63, 3.8) is 0 Å². The van der Waals surface area contributed by atoms with E-state index in [4.69, 9.17) is 23.2 Å². The van der Waals surface area contributed by atoms with Gasteiger partial charge in [-0.25, -0.2) is 0 Å². The predicted molar refractivity (Wildman–Crippen MR) is 135 cm³/mol. The molecule has 0 spiro atoms. The van der Waals surface area contributed by atoms with E-state index >= 15 is 0 Å². The molecule has 3 rings (SSSR count). The number of halogens is 2. The van der Waals surface area contributed by atoms with Crippen molar-refractivity contribution >= 4 is 35.2 Å². The molecular formula is C26H33Cl2N3O. The second-order valence-corrected chi connectivity index (χ2v) is 9.74. The van der Waals surface area contributed by atoms with Crippen molar-refractivity contribution in [1.82, 2.24) is 15.1 Å². The van der Waals surface area contributed by atoms with Crippen molar-refractivity contribution in [3.8, 4) is 0 Å². The summed E-state index contributed by atoms with van der Waals surface area (Å²) in [7, 11) is 0. The number of nitrogens with one attached hydrogen (secondary N) is 1. The highest BCUT2D eigenvalue weighted by Gasteiger charge is 2.23. The molecule has 1 unspecified atom stereocenters. The summed E-state index contributed by atoms with van der Waals surface area (Å²) in [6, 6.07) is 14.1. The van der Waals surface area contributed by atoms with E-state index in [1.54, 1.807) is 6.08 Å². The maximum absolute atomic E-state index is 12.5. The number of carbonyl (C=O) groups is 1. The standard InChI is InChI=1S/C26H33Cl2N3O/c1-19(2)25(29-26(32)11-9-21-6-4-20(3)5-7-21)18-31-14-12-30(13-15-31)17-22-8-10-23(27)24(28)16-22/h4-11,16,19,25H,12-15,17-18H2,1-3H3,(H,29,32). The zero-order valence-electron chi connectivity index (χ0n) is 19.2. The Morgan fingerprint density at radius 2 is 1.66 bits per heavy atom. The van der Waals surface area contributed by atoms with Gasteiger partial charge in [-0.15, -0.1) is 0 Å². The van der Waals surface area contributed by atoms with Crippen molar-refractivity contribution in [2.75, 3.05) is 32.7 Å². The molecule has 0 bridgehead atoms. The average Bonchev–Trinajstić information content (AvgIpc) is 2.76. The van der Waals surface area contributed by atoms with E-state index in [0.29, 0.717) is 16.0 Å². The lowest BCUT2D eigenvalue weighted by Gasteiger charge is -2.37. The van der Waals surface area contributed by atoms with Crippen molar-refractivity contribution in [2.24, 2.45) is 5.92 Å². The third-order valence-electron chi connectivity index (χ3n) is 5.95. The Morgan fingerprint density at radius 1 is 1.00 bits per heavy atom. The molecule has 1 fully saturated rings. The van der Waals surface area contributed by atoms with Gasteiger partial charge >= 0.3 is 0 Å². The molecule has 6 heteroatoms. The van der Waals surface area contributed by atoms with Gasteiger partial charge in [0, 0.05) is 51.4 Å². The van der Waals surface area contributed by atoms with Crippen molar-refractivity contribution in [2.45, 2.75) is 33.4 Å². The molecular weight excluding hydrogens is 441 g/mol. The van der Waals surface area contributed by atoms with Gasteiger partial charge in [0.25, 0.3) is 0 Å². The van der Waals surface area contributed by atoms with E-state index in [9.17, 15) is 4.79 Å². The van der Waals surface area contributed by atoms with Crippen molar-refractivity contribution < 1.29 is 4.79 Å². The second-order valence-electron chi connectivity index (χ2n) is 8.93. The largest absolute Gasteiger partial charge is 0.348 e. The molecule has 1 aliphatic rings. The smallest absolute Gasteiger partial charge is 0.244 e. The monoisotopic (exact) mass is 473 g/mol. The minimum absolute atomic E-state index is 0.0393. The molecule has 1 heterocycles. The first kappa shape index (κ1) is 24.8. The second kappa shape index (κ2) is 11.9. The van der Waals surface area contributed by atoms with Gasteiger partial charge in [0.1, 0.15) is 0 Å². The highest BCUT2D eigenvalue weighted by atomic mass is 35.5. The minimum atomic E-state index is -0.0393. The Labute approximate surface area is 202 Å². The number of hydrogen-bond donors (Lipinski definition) is 1. The van der Waals surface area contributed by atoms with Crippen LogP contribution in [0.15, 0.2) is 48.5 Å². The van der Waals surface area contributed by atoms with Crippen LogP contribution in [0, 0.1) is 12.8 Å². The molecule has 1 N–H and O–H groups in total. The number of aryl methyl sites for hydroxylation is 1. The number of carbonyl (C=O) groups excluding carboxylic acids is 1. The van der Waals surface area contributed by atoms with Gasteiger partial charge in [-0.1, -0.05) is 72.9 Å². The third-order valence-corrected chi connectivity index (χ3v) is 6.69. The van der Waals surface area contributed by atoms with Crippen LogP contribution < -0.4 is 5.32 Å². The van der Waals surface area contributed by atoms with Crippen LogP contribution in [0.5, 0.6) is 0 Å². The lowest BCUT2D eigenvalue weighted by Crippen LogP contribution is -2.52. The van der Waals surface area contributed by atoms with Crippen LogP contribution in [-0.2, 0) is 11.3 Å². The number of nitrogens with zero attached hydrogens (tertiary/aromatic N) is 2. The predicted octanol–water partition coefficient (Wildman–Crippen LogP) is 5.27. The maximum atomic E-state index is 12.5. The third kappa shape index (κ3) is 7.63. The van der Waals surface area contributed by atoms with E-state index in [0.717, 1.165) is 44.8 Å². The van der Waals surface area contributed by atoms with Gasteiger partial charge in [-0.2, -0.15) is 0 Å². The van der Waals surface area contributed by atoms with Gasteiger partial charge in [-0.3, -0.25) is 14.6 Å². The van der Waals surface area contributed by atoms with Gasteiger partial charge in [0.2, 0.25) is 5.91 Å². The lowest BCUT2D eigenvalue weighted by atomic mass is 10.0. The minimum Gasteiger partial charge on any atom is -0.348 e. The quantitative estimate of drug-likeness (QED) is 0.530. The molecule has 0 radical (unpaired) electrons. The normalized spacial score (nSPS) is 16.6. The van der Waals surface area contributed by atoms with E-state index < -0.39 is 0 Å². The SMILES string of the molecule is Cc1ccc(C=CC(=O)NC(CN2CCN(Cc3ccc(Cl)c(Cl)c3)CC2)C(C)C)cc1. The van der Waals surface area contributed by atoms with Crippen LogP contribution in [0.1, 0.15) is 30.5 Å². The first-order valence-corrected chi connectivity index (χ1v) is 12.0. The summed E-state index contributed by atoms with van der Waals surface area (Å²) in [6.07, 6.45) is 3.50. The molecule has 0 saturated carbocycles. The molecule has 0 aromatic heterocycles. The fraction of sp³-hybridized carbons (Fsp3) is 0.423. The van der Waals surface area contributed by atoms with Gasteiger partial charge < -0.3 is 5.32 Å². The molecule has 2 aromatic rings. The molecule has 0 aliphatic carbocycles. The van der Waals surface area contributed by atoms with Crippen molar-refractivity contribution in [1.29, 1.82) is 0 Å². The summed E-state index contributed by atoms with van der Waals surface area (Å²) in [5, 5.41) is 4.40. The van der Waals surface area contributed by atoms with Crippen LogP contribution in [-0.4, -0.2) is 54.5 Å². The Bertz CT molecular complexity index is 919. The first-order valence-electron chi connectivity index (χ1n) is 11.2. The summed E-state index contributed by atoms with van der Waals surface area (Å²) in [5.41, 5.74) is 3.43.